The molecule has 16 heavy (non-hydrogen) atoms. The molecule has 4 unspecified atom stereocenters. The molecule has 1 fully saturated rings. The summed E-state index contributed by atoms with van der Waals surface area (Å²) in [7, 11) is 0. The van der Waals surface area contributed by atoms with Crippen LogP contribution in [0.4, 0.5) is 0 Å². The number of hydrogen-bond donors (Lipinski definition) is 1. The van der Waals surface area contributed by atoms with E-state index < -0.39 is 0 Å². The van der Waals surface area contributed by atoms with Crippen LogP contribution >= 0.6 is 0 Å². The van der Waals surface area contributed by atoms with Crippen molar-refractivity contribution >= 4 is 0 Å². The Morgan fingerprint density at radius 2 is 2.12 bits per heavy atom. The number of hydrogen-bond acceptors (Lipinski definition) is 4. The normalized spacial score (nSPS) is 31.1. The molecular formula is C12H25NO3. The van der Waals surface area contributed by atoms with Crippen LogP contribution in [0.25, 0.3) is 0 Å². The van der Waals surface area contributed by atoms with E-state index in [1.54, 1.807) is 0 Å². The van der Waals surface area contributed by atoms with Crippen LogP contribution in [0.15, 0.2) is 0 Å². The first-order valence-corrected chi connectivity index (χ1v) is 6.29. The Labute approximate surface area is 98.4 Å². The molecule has 1 rings (SSSR count). The molecule has 4 heteroatoms. The van der Waals surface area contributed by atoms with E-state index in [1.165, 1.54) is 0 Å². The predicted molar refractivity (Wildman–Crippen MR) is 63.5 cm³/mol. The van der Waals surface area contributed by atoms with E-state index in [1.807, 2.05) is 13.8 Å². The fraction of sp³-hybridized carbons (Fsp3) is 1.00. The van der Waals surface area contributed by atoms with Crippen LogP contribution < -0.4 is 5.73 Å². The van der Waals surface area contributed by atoms with E-state index in [4.69, 9.17) is 19.9 Å². The monoisotopic (exact) mass is 231 g/mol. The lowest BCUT2D eigenvalue weighted by Crippen LogP contribution is -2.59. The first-order chi connectivity index (χ1) is 7.69. The minimum absolute atomic E-state index is 0.0732. The van der Waals surface area contributed by atoms with Gasteiger partial charge in [-0.1, -0.05) is 6.92 Å². The summed E-state index contributed by atoms with van der Waals surface area (Å²) in [4.78, 5) is 0. The molecule has 0 aromatic heterocycles. The third-order valence-electron chi connectivity index (χ3n) is 2.77. The smallest absolute Gasteiger partial charge is 0.0988 e. The molecular weight excluding hydrogens is 206 g/mol. The Bertz CT molecular complexity index is 189. The maximum absolute atomic E-state index is 5.89. The largest absolute Gasteiger partial charge is 0.379 e. The summed E-state index contributed by atoms with van der Waals surface area (Å²) in [6.45, 7) is 8.24. The van der Waals surface area contributed by atoms with E-state index in [2.05, 4.69) is 6.92 Å². The fourth-order valence-corrected chi connectivity index (χ4v) is 1.86. The van der Waals surface area contributed by atoms with Crippen molar-refractivity contribution in [1.82, 2.24) is 0 Å². The van der Waals surface area contributed by atoms with E-state index in [0.29, 0.717) is 6.61 Å². The lowest BCUT2D eigenvalue weighted by Gasteiger charge is -2.43. The van der Waals surface area contributed by atoms with Gasteiger partial charge in [-0.25, -0.2) is 0 Å². The summed E-state index contributed by atoms with van der Waals surface area (Å²) in [5, 5.41) is 0. The van der Waals surface area contributed by atoms with Crippen molar-refractivity contribution in [2.24, 2.45) is 5.73 Å². The minimum Gasteiger partial charge on any atom is -0.379 e. The van der Waals surface area contributed by atoms with Crippen LogP contribution in [0.2, 0.25) is 0 Å². The fourth-order valence-electron chi connectivity index (χ4n) is 1.86. The van der Waals surface area contributed by atoms with Crippen molar-refractivity contribution in [3.8, 4) is 0 Å². The van der Waals surface area contributed by atoms with Gasteiger partial charge in [-0.2, -0.15) is 0 Å². The summed E-state index contributed by atoms with van der Waals surface area (Å²) in [5.74, 6) is 0. The Morgan fingerprint density at radius 1 is 1.38 bits per heavy atom. The quantitative estimate of drug-likeness (QED) is 0.684. The topological polar surface area (TPSA) is 53.7 Å². The first-order valence-electron chi connectivity index (χ1n) is 6.29. The molecule has 0 spiro atoms. The summed E-state index contributed by atoms with van der Waals surface area (Å²) < 4.78 is 16.8. The predicted octanol–water partition coefficient (Wildman–Crippen LogP) is 1.32. The van der Waals surface area contributed by atoms with Crippen molar-refractivity contribution in [1.29, 1.82) is 0 Å². The Kier molecular flexibility index (Phi) is 6.28. The van der Waals surface area contributed by atoms with Gasteiger partial charge in [0.25, 0.3) is 0 Å². The van der Waals surface area contributed by atoms with E-state index in [-0.39, 0.29) is 24.4 Å². The lowest BCUT2D eigenvalue weighted by molar-refractivity contribution is -0.167. The van der Waals surface area contributed by atoms with Crippen LogP contribution in [-0.2, 0) is 14.2 Å². The van der Waals surface area contributed by atoms with Crippen molar-refractivity contribution in [3.63, 3.8) is 0 Å². The van der Waals surface area contributed by atoms with Gasteiger partial charge in [0, 0.05) is 19.3 Å². The second kappa shape index (κ2) is 7.22. The van der Waals surface area contributed by atoms with Crippen molar-refractivity contribution < 1.29 is 14.2 Å². The Hall–Kier alpha value is -0.160. The molecule has 0 heterocycles. The summed E-state index contributed by atoms with van der Waals surface area (Å²) >= 11 is 0. The molecule has 4 nitrogen and oxygen atoms in total. The molecule has 0 aromatic carbocycles. The molecule has 1 aliphatic rings. The first kappa shape index (κ1) is 13.9. The highest BCUT2D eigenvalue weighted by Gasteiger charge is 2.41. The standard InChI is InChI=1S/C12H25NO3/c1-4-6-15-12-10(13)7-11(12)16-9(3)8-14-5-2/h9-12H,4-8,13H2,1-3H3. The van der Waals surface area contributed by atoms with Crippen LogP contribution in [0, 0.1) is 0 Å². The number of rotatable bonds is 8. The Balaban J connectivity index is 2.20. The van der Waals surface area contributed by atoms with E-state index in [9.17, 15) is 0 Å². The zero-order valence-corrected chi connectivity index (χ0v) is 10.6. The SMILES string of the molecule is CCCOC1C(N)CC1OC(C)COCC. The second-order valence-electron chi connectivity index (χ2n) is 4.38. The van der Waals surface area contributed by atoms with Gasteiger partial charge in [-0.15, -0.1) is 0 Å². The maximum atomic E-state index is 5.89. The number of nitrogens with two attached hydrogens (primary N) is 1. The molecule has 4 atom stereocenters. The van der Waals surface area contributed by atoms with Gasteiger partial charge in [0.1, 0.15) is 0 Å². The second-order valence-corrected chi connectivity index (χ2v) is 4.38. The molecule has 0 amide bonds. The highest BCUT2D eigenvalue weighted by molar-refractivity contribution is 4.95. The molecule has 1 aliphatic carbocycles. The van der Waals surface area contributed by atoms with E-state index in [0.717, 1.165) is 26.1 Å². The van der Waals surface area contributed by atoms with Gasteiger partial charge in [0.15, 0.2) is 0 Å². The summed E-state index contributed by atoms with van der Waals surface area (Å²) in [6.07, 6.45) is 2.25. The van der Waals surface area contributed by atoms with Crippen LogP contribution in [0.5, 0.6) is 0 Å². The van der Waals surface area contributed by atoms with Crippen LogP contribution in [-0.4, -0.2) is 44.2 Å². The maximum Gasteiger partial charge on any atom is 0.0988 e. The Morgan fingerprint density at radius 3 is 2.69 bits per heavy atom. The van der Waals surface area contributed by atoms with Crippen molar-refractivity contribution in [2.75, 3.05) is 19.8 Å². The van der Waals surface area contributed by atoms with Gasteiger partial charge in [-0.05, 0) is 26.7 Å². The molecule has 0 radical (unpaired) electrons. The van der Waals surface area contributed by atoms with Gasteiger partial charge in [-0.3, -0.25) is 0 Å². The average Bonchev–Trinajstić information content (AvgIpc) is 2.26. The highest BCUT2D eigenvalue weighted by Crippen LogP contribution is 2.27. The molecule has 0 aromatic rings. The zero-order chi connectivity index (χ0) is 12.0. The van der Waals surface area contributed by atoms with Crippen LogP contribution in [0.3, 0.4) is 0 Å². The molecule has 96 valence electrons. The molecule has 1 saturated carbocycles. The summed E-state index contributed by atoms with van der Waals surface area (Å²) in [6, 6.07) is 0.135. The van der Waals surface area contributed by atoms with Crippen LogP contribution in [0.1, 0.15) is 33.6 Å². The summed E-state index contributed by atoms with van der Waals surface area (Å²) in [5.41, 5.74) is 5.89. The lowest BCUT2D eigenvalue weighted by atomic mass is 9.86. The number of ether oxygens (including phenoxy) is 3. The van der Waals surface area contributed by atoms with Gasteiger partial charge >= 0.3 is 0 Å². The average molecular weight is 231 g/mol. The van der Waals surface area contributed by atoms with Gasteiger partial charge in [0.05, 0.1) is 24.9 Å². The van der Waals surface area contributed by atoms with Gasteiger partial charge in [0.2, 0.25) is 0 Å². The van der Waals surface area contributed by atoms with Gasteiger partial charge < -0.3 is 19.9 Å². The highest BCUT2D eigenvalue weighted by atomic mass is 16.6. The molecule has 0 saturated heterocycles. The minimum atomic E-state index is 0.0732. The molecule has 0 bridgehead atoms. The third kappa shape index (κ3) is 4.01. The third-order valence-corrected chi connectivity index (χ3v) is 2.77. The molecule has 2 N–H and O–H groups in total. The van der Waals surface area contributed by atoms with E-state index >= 15 is 0 Å². The molecule has 0 aliphatic heterocycles. The zero-order valence-electron chi connectivity index (χ0n) is 10.6. The van der Waals surface area contributed by atoms with Crippen molar-refractivity contribution in [3.05, 3.63) is 0 Å². The van der Waals surface area contributed by atoms with Crippen molar-refractivity contribution in [2.45, 2.75) is 58.0 Å².